The molecule has 5 atom stereocenters. The molecule has 1 aliphatic rings. The first-order chi connectivity index (χ1) is 14.2. The van der Waals surface area contributed by atoms with Crippen LogP contribution in [-0.4, -0.2) is 56.6 Å². The van der Waals surface area contributed by atoms with E-state index in [0.29, 0.717) is 6.42 Å². The van der Waals surface area contributed by atoms with Crippen LogP contribution >= 0.6 is 0 Å². The topological polar surface area (TPSA) is 110 Å². The Hall–Kier alpha value is -2.24. The minimum Gasteiger partial charge on any atom is -0.394 e. The first kappa shape index (κ1) is 22.4. The van der Waals surface area contributed by atoms with Crippen molar-refractivity contribution in [1.29, 1.82) is 0 Å². The minimum absolute atomic E-state index is 0.212. The highest BCUT2D eigenvalue weighted by molar-refractivity contribution is 5.41. The van der Waals surface area contributed by atoms with Gasteiger partial charge in [0.15, 0.2) is 0 Å². The zero-order chi connectivity index (χ0) is 22.1. The molecule has 0 saturated carbocycles. The van der Waals surface area contributed by atoms with E-state index in [2.05, 4.69) is 19.8 Å². The van der Waals surface area contributed by atoms with Crippen molar-refractivity contribution < 1.29 is 30.3 Å². The maximum absolute atomic E-state index is 11.1. The van der Waals surface area contributed by atoms with Gasteiger partial charge in [0.2, 0.25) is 5.79 Å². The molecule has 5 N–H and O–H groups in total. The van der Waals surface area contributed by atoms with Gasteiger partial charge in [0.25, 0.3) is 0 Å². The van der Waals surface area contributed by atoms with Gasteiger partial charge in [0, 0.05) is 11.1 Å². The average molecular weight is 412 g/mol. The summed E-state index contributed by atoms with van der Waals surface area (Å²) in [5.74, 6) is 0.522. The highest BCUT2D eigenvalue weighted by Gasteiger charge is 2.53. The quantitative estimate of drug-likeness (QED) is 0.469. The third kappa shape index (κ3) is 4.14. The Kier molecular flexibility index (Phi) is 6.63. The molecule has 0 amide bonds. The highest BCUT2D eigenvalue weighted by Crippen LogP contribution is 2.38. The molecule has 2 aromatic rings. The molecule has 6 nitrogen and oxygen atoms in total. The summed E-state index contributed by atoms with van der Waals surface area (Å²) in [6, 6.07) is 12.8. The van der Waals surface area contributed by atoms with Crippen LogP contribution in [0.15, 0.2) is 42.5 Å². The molecule has 1 aliphatic heterocycles. The summed E-state index contributed by atoms with van der Waals surface area (Å²) < 4.78 is 5.46. The van der Waals surface area contributed by atoms with Crippen LogP contribution < -0.4 is 0 Å². The lowest BCUT2D eigenvalue weighted by Crippen LogP contribution is -2.63. The SMILES string of the molecule is C#Cc1ccc(Cc2cc([C@@]3(O)O[C@H](CO)[C@@H](O)[C@H](O)[C@H]3O)ccc2C(C)C)cc1. The molecular weight excluding hydrogens is 384 g/mol. The molecule has 0 unspecified atom stereocenters. The fourth-order valence-electron chi connectivity index (χ4n) is 3.88. The number of terminal acetylenes is 1. The second-order valence-corrected chi connectivity index (χ2v) is 8.05. The largest absolute Gasteiger partial charge is 0.394 e. The summed E-state index contributed by atoms with van der Waals surface area (Å²) >= 11 is 0. The van der Waals surface area contributed by atoms with Crippen LogP contribution in [0.3, 0.4) is 0 Å². The number of benzene rings is 2. The van der Waals surface area contributed by atoms with Gasteiger partial charge in [-0.3, -0.25) is 0 Å². The molecule has 0 aromatic heterocycles. The van der Waals surface area contributed by atoms with Gasteiger partial charge in [-0.05, 0) is 47.2 Å². The molecule has 30 heavy (non-hydrogen) atoms. The molecule has 0 bridgehead atoms. The molecule has 0 aliphatic carbocycles. The van der Waals surface area contributed by atoms with Crippen molar-refractivity contribution in [3.8, 4) is 12.3 Å². The van der Waals surface area contributed by atoms with Crippen molar-refractivity contribution in [2.24, 2.45) is 0 Å². The number of rotatable bonds is 5. The van der Waals surface area contributed by atoms with E-state index >= 15 is 0 Å². The molecule has 3 rings (SSSR count). The van der Waals surface area contributed by atoms with E-state index < -0.39 is 36.8 Å². The zero-order valence-corrected chi connectivity index (χ0v) is 17.1. The molecule has 1 saturated heterocycles. The molecular formula is C24H28O6. The van der Waals surface area contributed by atoms with Crippen LogP contribution in [0, 0.1) is 12.3 Å². The summed E-state index contributed by atoms with van der Waals surface area (Å²) in [5.41, 5.74) is 4.02. The van der Waals surface area contributed by atoms with Crippen molar-refractivity contribution >= 4 is 0 Å². The van der Waals surface area contributed by atoms with Crippen LogP contribution in [-0.2, 0) is 16.9 Å². The molecule has 160 valence electrons. The zero-order valence-electron chi connectivity index (χ0n) is 17.1. The van der Waals surface area contributed by atoms with E-state index in [1.165, 1.54) is 0 Å². The monoisotopic (exact) mass is 412 g/mol. The predicted molar refractivity (Wildman–Crippen MR) is 112 cm³/mol. The van der Waals surface area contributed by atoms with Crippen molar-refractivity contribution in [3.05, 3.63) is 70.3 Å². The minimum atomic E-state index is -2.27. The van der Waals surface area contributed by atoms with Crippen LogP contribution in [0.1, 0.15) is 47.6 Å². The molecule has 6 heteroatoms. The van der Waals surface area contributed by atoms with Crippen LogP contribution in [0.5, 0.6) is 0 Å². The third-order valence-corrected chi connectivity index (χ3v) is 5.66. The van der Waals surface area contributed by atoms with E-state index in [1.807, 2.05) is 30.3 Å². The number of hydrogen-bond donors (Lipinski definition) is 5. The summed E-state index contributed by atoms with van der Waals surface area (Å²) in [6.07, 6.45) is -0.241. The maximum atomic E-state index is 11.1. The average Bonchev–Trinajstić information content (AvgIpc) is 2.75. The Morgan fingerprint density at radius 1 is 1.07 bits per heavy atom. The van der Waals surface area contributed by atoms with E-state index in [0.717, 1.165) is 22.3 Å². The Morgan fingerprint density at radius 2 is 1.73 bits per heavy atom. The van der Waals surface area contributed by atoms with Gasteiger partial charge in [0.1, 0.15) is 24.4 Å². The van der Waals surface area contributed by atoms with Crippen LogP contribution in [0.25, 0.3) is 0 Å². The lowest BCUT2D eigenvalue weighted by atomic mass is 9.84. The van der Waals surface area contributed by atoms with Crippen molar-refractivity contribution in [1.82, 2.24) is 0 Å². The van der Waals surface area contributed by atoms with Crippen molar-refractivity contribution in [2.45, 2.75) is 56.4 Å². The van der Waals surface area contributed by atoms with Crippen LogP contribution in [0.4, 0.5) is 0 Å². The van der Waals surface area contributed by atoms with E-state index in [1.54, 1.807) is 12.1 Å². The summed E-state index contributed by atoms with van der Waals surface area (Å²) in [5, 5.41) is 51.2. The Balaban J connectivity index is 2.01. The first-order valence-electron chi connectivity index (χ1n) is 9.95. The van der Waals surface area contributed by atoms with E-state index in [9.17, 15) is 25.5 Å². The third-order valence-electron chi connectivity index (χ3n) is 5.66. The fourth-order valence-corrected chi connectivity index (χ4v) is 3.88. The lowest BCUT2D eigenvalue weighted by molar-refractivity contribution is -0.357. The van der Waals surface area contributed by atoms with E-state index in [-0.39, 0.29) is 11.5 Å². The highest BCUT2D eigenvalue weighted by atomic mass is 16.7. The van der Waals surface area contributed by atoms with Crippen LogP contribution in [0.2, 0.25) is 0 Å². The molecule has 2 aromatic carbocycles. The van der Waals surface area contributed by atoms with Gasteiger partial charge in [0.05, 0.1) is 6.61 Å². The summed E-state index contributed by atoms with van der Waals surface area (Å²) in [4.78, 5) is 0. The number of ether oxygens (including phenoxy) is 1. The van der Waals surface area contributed by atoms with Gasteiger partial charge in [-0.15, -0.1) is 6.42 Å². The Labute approximate surface area is 176 Å². The predicted octanol–water partition coefficient (Wildman–Crippen LogP) is 1.00. The fraction of sp³-hybridized carbons (Fsp3) is 0.417. The Morgan fingerprint density at radius 3 is 2.30 bits per heavy atom. The smallest absolute Gasteiger partial charge is 0.222 e. The van der Waals surface area contributed by atoms with Gasteiger partial charge in [-0.25, -0.2) is 0 Å². The van der Waals surface area contributed by atoms with Crippen molar-refractivity contribution in [2.75, 3.05) is 6.61 Å². The number of aliphatic hydroxyl groups excluding tert-OH is 4. The molecule has 0 spiro atoms. The normalized spacial score (nSPS) is 29.0. The summed E-state index contributed by atoms with van der Waals surface area (Å²) in [6.45, 7) is 3.50. The van der Waals surface area contributed by atoms with Gasteiger partial charge in [-0.1, -0.05) is 44.0 Å². The second-order valence-electron chi connectivity index (χ2n) is 8.05. The maximum Gasteiger partial charge on any atom is 0.222 e. The van der Waals surface area contributed by atoms with E-state index in [4.69, 9.17) is 11.2 Å². The molecule has 1 fully saturated rings. The standard InChI is InChI=1S/C24H28O6/c1-4-15-5-7-16(8-6-15)11-17-12-18(9-10-19(17)14(2)3)24(29)23(28)22(27)21(26)20(13-25)30-24/h1,5-10,12,14,20-23,25-29H,11,13H2,2-3H3/t20-,21-,22+,23-,24-/m1/s1. The number of hydrogen-bond acceptors (Lipinski definition) is 6. The molecule has 0 radical (unpaired) electrons. The number of aliphatic hydroxyl groups is 5. The van der Waals surface area contributed by atoms with Gasteiger partial charge >= 0.3 is 0 Å². The summed E-state index contributed by atoms with van der Waals surface area (Å²) in [7, 11) is 0. The van der Waals surface area contributed by atoms with Gasteiger partial charge in [-0.2, -0.15) is 0 Å². The lowest BCUT2D eigenvalue weighted by Gasteiger charge is -2.45. The second kappa shape index (κ2) is 8.86. The Bertz CT molecular complexity index is 914. The van der Waals surface area contributed by atoms with Crippen molar-refractivity contribution in [3.63, 3.8) is 0 Å². The van der Waals surface area contributed by atoms with Gasteiger partial charge < -0.3 is 30.3 Å². The molecule has 1 heterocycles. The first-order valence-corrected chi connectivity index (χ1v) is 9.95.